The second-order valence-corrected chi connectivity index (χ2v) is 55.8. The third-order valence-electron chi connectivity index (χ3n) is 0. The third-order valence-corrected chi connectivity index (χ3v) is 0. The van der Waals surface area contributed by atoms with Crippen LogP contribution in [0.2, 0.25) is 8.97 Å². The first-order valence-corrected chi connectivity index (χ1v) is 26.0. The molecule has 0 rings (SSSR count). The van der Waals surface area contributed by atoms with Crippen LogP contribution in [0.3, 0.4) is 0 Å². The van der Waals surface area contributed by atoms with Crippen molar-refractivity contribution in [2.75, 3.05) is 0 Å². The fourth-order valence-electron chi connectivity index (χ4n) is 0. The van der Waals surface area contributed by atoms with E-state index in [2.05, 4.69) is 32.9 Å². The van der Waals surface area contributed by atoms with Gasteiger partial charge in [-0.2, -0.15) is 0 Å². The van der Waals surface area contributed by atoms with Crippen molar-refractivity contribution in [3.05, 3.63) is 0 Å². The van der Waals surface area contributed by atoms with Crippen LogP contribution in [0.4, 0.5) is 0 Å². The first-order chi connectivity index (χ1) is 2.00. The normalized spacial score (nSPS) is 12.0. The molecule has 0 aliphatic carbocycles. The van der Waals surface area contributed by atoms with Gasteiger partial charge in [-0.05, 0) is 0 Å². The fourth-order valence-corrected chi connectivity index (χ4v) is 0. The van der Waals surface area contributed by atoms with Gasteiger partial charge in [0.2, 0.25) is 0 Å². The predicted molar refractivity (Wildman–Crippen MR) is 35.3 cm³/mol. The van der Waals surface area contributed by atoms with E-state index in [1.807, 2.05) is 0 Å². The van der Waals surface area contributed by atoms with Crippen LogP contribution in [0.25, 0.3) is 0 Å². The number of hydrogen-bond donors (Lipinski definition) is 0. The molecule has 0 amide bonds. The molecule has 0 bridgehead atoms. The van der Waals surface area contributed by atoms with E-state index >= 15 is 0 Å². The topological polar surface area (TPSA) is 0 Å². The number of hydrogen-bond acceptors (Lipinski definition) is 0. The van der Waals surface area contributed by atoms with Crippen LogP contribution in [0.1, 0.15) is 0 Å². The van der Waals surface area contributed by atoms with E-state index in [0.717, 1.165) is 0 Å². The van der Waals surface area contributed by atoms with Crippen LogP contribution in [0, 0.1) is 0 Å². The molecule has 0 unspecified atom stereocenters. The summed E-state index contributed by atoms with van der Waals surface area (Å²) in [6.45, 7) is 0. The van der Waals surface area contributed by atoms with Gasteiger partial charge in [-0.1, -0.05) is 0 Å². The molecule has 0 saturated carbocycles. The Morgan fingerprint density at radius 1 is 1.20 bits per heavy atom. The van der Waals surface area contributed by atoms with Crippen LogP contribution in [0.15, 0.2) is 0 Å². The zero-order valence-electron chi connectivity index (χ0n) is 3.26. The average Bonchev–Trinajstić information content (AvgIpc) is 0.722. The van der Waals surface area contributed by atoms with Gasteiger partial charge in [-0.3, -0.25) is 0 Å². The Kier molecular flexibility index (Phi) is 3.11. The predicted octanol–water partition coefficient (Wildman–Crippen LogP) is 2.48. The molecule has 0 radical (unpaired) electrons. The SMILES string of the molecule is [CH3][Pb]([CH3])([Br])[Br]. The van der Waals surface area contributed by atoms with E-state index in [-0.39, 0.29) is 0 Å². The zero-order chi connectivity index (χ0) is 4.50. The molecule has 0 N–H and O–H groups in total. The molecular formula is C2H6Br2Pb. The molecule has 0 nitrogen and oxygen atoms in total. The molecule has 0 atom stereocenters. The molecule has 32 valence electrons. The minimum atomic E-state index is -1.65. The van der Waals surface area contributed by atoms with Crippen LogP contribution >= 0.6 is 24.0 Å². The number of rotatable bonds is 0. The van der Waals surface area contributed by atoms with Crippen LogP contribution in [-0.2, 0) is 0 Å². The average molecular weight is 397 g/mol. The summed E-state index contributed by atoms with van der Waals surface area (Å²) in [5.41, 5.74) is 0. The Balaban J connectivity index is 3.02. The van der Waals surface area contributed by atoms with Crippen molar-refractivity contribution in [3.8, 4) is 0 Å². The molecule has 0 aromatic rings. The summed E-state index contributed by atoms with van der Waals surface area (Å²) in [6.07, 6.45) is 0. The van der Waals surface area contributed by atoms with E-state index in [4.69, 9.17) is 0 Å². The van der Waals surface area contributed by atoms with E-state index < -0.39 is 16.4 Å². The fraction of sp³-hybridized carbons (Fsp3) is 1.00. The summed E-state index contributed by atoms with van der Waals surface area (Å²) in [5, 5.41) is 0. The molecule has 3 heteroatoms. The van der Waals surface area contributed by atoms with E-state index in [1.54, 1.807) is 0 Å². The summed E-state index contributed by atoms with van der Waals surface area (Å²) in [6, 6.07) is 0. The molecule has 0 heterocycles. The molecule has 0 fully saturated rings. The first kappa shape index (κ1) is 6.88. The van der Waals surface area contributed by atoms with Gasteiger partial charge in [0.15, 0.2) is 0 Å². The van der Waals surface area contributed by atoms with Gasteiger partial charge >= 0.3 is 49.3 Å². The van der Waals surface area contributed by atoms with E-state index in [1.165, 1.54) is 0 Å². The van der Waals surface area contributed by atoms with Crippen LogP contribution in [0.5, 0.6) is 0 Å². The standard InChI is InChI=1S/2CH3.2BrH.Pb/h2*1H3;2*1H;/q;;;;+2/p-2. The zero-order valence-corrected chi connectivity index (χ0v) is 10.3. The quantitative estimate of drug-likeness (QED) is 0.552. The van der Waals surface area contributed by atoms with E-state index in [0.29, 0.717) is 0 Å². The maximum absolute atomic E-state index is 3.51. The van der Waals surface area contributed by atoms with Crippen LogP contribution < -0.4 is 0 Å². The monoisotopic (exact) mass is 396 g/mol. The van der Waals surface area contributed by atoms with Crippen molar-refractivity contribution in [2.45, 2.75) is 8.97 Å². The van der Waals surface area contributed by atoms with Crippen molar-refractivity contribution in [1.29, 1.82) is 0 Å². The molecular weight excluding hydrogens is 391 g/mol. The van der Waals surface area contributed by atoms with Gasteiger partial charge in [-0.25, -0.2) is 0 Å². The van der Waals surface area contributed by atoms with E-state index in [9.17, 15) is 0 Å². The second kappa shape index (κ2) is 2.26. The van der Waals surface area contributed by atoms with Crippen LogP contribution in [-0.4, -0.2) is 16.4 Å². The van der Waals surface area contributed by atoms with Crippen molar-refractivity contribution in [2.24, 2.45) is 0 Å². The van der Waals surface area contributed by atoms with Gasteiger partial charge in [0.1, 0.15) is 0 Å². The summed E-state index contributed by atoms with van der Waals surface area (Å²) in [5.74, 6) is 0. The van der Waals surface area contributed by atoms with Gasteiger partial charge < -0.3 is 0 Å². The second-order valence-electron chi connectivity index (χ2n) is 1.33. The van der Waals surface area contributed by atoms with Crippen molar-refractivity contribution < 1.29 is 0 Å². The molecule has 5 heavy (non-hydrogen) atoms. The first-order valence-electron chi connectivity index (χ1n) is 1.38. The summed E-state index contributed by atoms with van der Waals surface area (Å²) in [4.78, 5) is 0. The molecule has 0 aromatic heterocycles. The van der Waals surface area contributed by atoms with Gasteiger partial charge in [0.25, 0.3) is 0 Å². The Bertz CT molecular complexity index is 23.1. The third kappa shape index (κ3) is 25.0. The molecule has 0 aromatic carbocycles. The summed E-state index contributed by atoms with van der Waals surface area (Å²) < 4.78 is 4.49. The van der Waals surface area contributed by atoms with Crippen molar-refractivity contribution in [3.63, 3.8) is 0 Å². The summed E-state index contributed by atoms with van der Waals surface area (Å²) >= 11 is 5.38. The number of halogens is 2. The minimum absolute atomic E-state index is 1.65. The Morgan fingerprint density at radius 3 is 1.20 bits per heavy atom. The molecule has 0 spiro atoms. The molecule has 0 aliphatic heterocycles. The van der Waals surface area contributed by atoms with Crippen molar-refractivity contribution in [1.82, 2.24) is 0 Å². The van der Waals surface area contributed by atoms with Gasteiger partial charge in [-0.15, -0.1) is 0 Å². The summed E-state index contributed by atoms with van der Waals surface area (Å²) in [7, 11) is 0. The maximum atomic E-state index is 3.51. The Hall–Kier alpha value is 1.88. The molecule has 0 aliphatic rings. The Labute approximate surface area is 48.6 Å². The van der Waals surface area contributed by atoms with Crippen molar-refractivity contribution >= 4 is 40.3 Å². The van der Waals surface area contributed by atoms with Gasteiger partial charge in [0, 0.05) is 0 Å². The Morgan fingerprint density at radius 2 is 1.20 bits per heavy atom. The molecule has 0 saturated heterocycles. The van der Waals surface area contributed by atoms with Gasteiger partial charge in [0.05, 0.1) is 0 Å².